The quantitative estimate of drug-likeness (QED) is 0.878. The largest absolute Gasteiger partial charge is 0.480 e. The van der Waals surface area contributed by atoms with Crippen molar-refractivity contribution in [2.75, 3.05) is 18.0 Å². The van der Waals surface area contributed by atoms with Gasteiger partial charge in [-0.05, 0) is 17.9 Å². The van der Waals surface area contributed by atoms with Crippen molar-refractivity contribution >= 4 is 22.6 Å². The van der Waals surface area contributed by atoms with Crippen LogP contribution in [0, 0.1) is 0 Å². The lowest BCUT2D eigenvalue weighted by Gasteiger charge is -2.22. The van der Waals surface area contributed by atoms with Crippen molar-refractivity contribution in [2.24, 2.45) is 0 Å². The van der Waals surface area contributed by atoms with Gasteiger partial charge in [-0.15, -0.1) is 0 Å². The first-order valence-electron chi connectivity index (χ1n) is 6.03. The molecule has 0 aliphatic heterocycles. The highest BCUT2D eigenvalue weighted by molar-refractivity contribution is 5.93. The molecule has 1 aromatic carbocycles. The van der Waals surface area contributed by atoms with E-state index in [-0.39, 0.29) is 6.54 Å². The highest BCUT2D eigenvalue weighted by Gasteiger charge is 2.13. The predicted molar refractivity (Wildman–Crippen MR) is 71.9 cm³/mol. The molecule has 0 fully saturated rings. The van der Waals surface area contributed by atoms with Crippen LogP contribution in [0.25, 0.3) is 10.8 Å². The van der Waals surface area contributed by atoms with E-state index < -0.39 is 5.97 Å². The molecule has 2 aromatic rings. The van der Waals surface area contributed by atoms with E-state index in [0.717, 1.165) is 23.0 Å². The van der Waals surface area contributed by atoms with Crippen LogP contribution in [0.1, 0.15) is 13.3 Å². The fraction of sp³-hybridized carbons (Fsp3) is 0.286. The highest BCUT2D eigenvalue weighted by Crippen LogP contribution is 2.24. The molecular formula is C14H16N2O2. The van der Waals surface area contributed by atoms with E-state index in [1.807, 2.05) is 42.2 Å². The van der Waals surface area contributed by atoms with Crippen molar-refractivity contribution in [3.05, 3.63) is 36.5 Å². The standard InChI is InChI=1S/C14H16N2O2/c1-2-9-16(10-13(17)18)14-12-6-4-3-5-11(12)7-8-15-14/h3-8H,2,9-10H2,1H3,(H,17,18). The lowest BCUT2D eigenvalue weighted by atomic mass is 10.1. The first-order valence-corrected chi connectivity index (χ1v) is 6.03. The first-order chi connectivity index (χ1) is 8.72. The number of aromatic nitrogens is 1. The molecule has 18 heavy (non-hydrogen) atoms. The van der Waals surface area contributed by atoms with Crippen molar-refractivity contribution < 1.29 is 9.90 Å². The van der Waals surface area contributed by atoms with Gasteiger partial charge in [0.25, 0.3) is 0 Å². The number of carbonyl (C=O) groups is 1. The third kappa shape index (κ3) is 2.59. The molecule has 1 aromatic heterocycles. The normalized spacial score (nSPS) is 10.5. The van der Waals surface area contributed by atoms with Gasteiger partial charge in [0.05, 0.1) is 0 Å². The molecule has 0 saturated carbocycles. The van der Waals surface area contributed by atoms with Gasteiger partial charge in [0.2, 0.25) is 0 Å². The van der Waals surface area contributed by atoms with Crippen molar-refractivity contribution in [2.45, 2.75) is 13.3 Å². The zero-order chi connectivity index (χ0) is 13.0. The van der Waals surface area contributed by atoms with E-state index in [9.17, 15) is 4.79 Å². The van der Waals surface area contributed by atoms with Gasteiger partial charge in [0.1, 0.15) is 12.4 Å². The number of carboxylic acid groups (broad SMARTS) is 1. The maximum atomic E-state index is 10.9. The molecule has 0 amide bonds. The Bertz CT molecular complexity index is 549. The average molecular weight is 244 g/mol. The van der Waals surface area contributed by atoms with Crippen molar-refractivity contribution in [1.29, 1.82) is 0 Å². The van der Waals surface area contributed by atoms with Crippen LogP contribution in [-0.4, -0.2) is 29.1 Å². The molecule has 0 spiro atoms. The summed E-state index contributed by atoms with van der Waals surface area (Å²) in [5.74, 6) is -0.0875. The first kappa shape index (κ1) is 12.4. The monoisotopic (exact) mass is 244 g/mol. The molecule has 1 heterocycles. The Morgan fingerprint density at radius 1 is 1.33 bits per heavy atom. The molecule has 0 unspecified atom stereocenters. The summed E-state index contributed by atoms with van der Waals surface area (Å²) in [6, 6.07) is 9.82. The summed E-state index contributed by atoms with van der Waals surface area (Å²) in [4.78, 5) is 17.1. The van der Waals surface area contributed by atoms with E-state index >= 15 is 0 Å². The Balaban J connectivity index is 2.46. The Kier molecular flexibility index (Phi) is 3.77. The second-order valence-electron chi connectivity index (χ2n) is 4.17. The number of pyridine rings is 1. The van der Waals surface area contributed by atoms with Gasteiger partial charge in [0.15, 0.2) is 0 Å². The van der Waals surface area contributed by atoms with Crippen LogP contribution >= 0.6 is 0 Å². The van der Waals surface area contributed by atoms with E-state index in [2.05, 4.69) is 4.98 Å². The van der Waals surface area contributed by atoms with Crippen molar-refractivity contribution in [3.8, 4) is 0 Å². The summed E-state index contributed by atoms with van der Waals surface area (Å²) in [5.41, 5.74) is 0. The van der Waals surface area contributed by atoms with Gasteiger partial charge in [-0.3, -0.25) is 4.79 Å². The molecule has 94 valence electrons. The molecule has 0 atom stereocenters. The number of carboxylic acids is 1. The van der Waals surface area contributed by atoms with Crippen LogP contribution in [0.2, 0.25) is 0 Å². The van der Waals surface area contributed by atoms with Crippen LogP contribution in [-0.2, 0) is 4.79 Å². The third-order valence-electron chi connectivity index (χ3n) is 2.77. The van der Waals surface area contributed by atoms with Gasteiger partial charge in [-0.25, -0.2) is 4.98 Å². The lowest BCUT2D eigenvalue weighted by molar-refractivity contribution is -0.135. The molecule has 4 heteroatoms. The smallest absolute Gasteiger partial charge is 0.323 e. The Morgan fingerprint density at radius 3 is 2.83 bits per heavy atom. The van der Waals surface area contributed by atoms with Crippen LogP contribution in [0.5, 0.6) is 0 Å². The minimum Gasteiger partial charge on any atom is -0.480 e. The van der Waals surface area contributed by atoms with Gasteiger partial charge >= 0.3 is 5.97 Å². The zero-order valence-electron chi connectivity index (χ0n) is 10.3. The predicted octanol–water partition coefficient (Wildman–Crippen LogP) is 2.54. The molecule has 0 aliphatic carbocycles. The highest BCUT2D eigenvalue weighted by atomic mass is 16.4. The fourth-order valence-corrected chi connectivity index (χ4v) is 2.05. The number of hydrogen-bond donors (Lipinski definition) is 1. The molecule has 4 nitrogen and oxygen atoms in total. The van der Waals surface area contributed by atoms with E-state index in [1.54, 1.807) is 6.20 Å². The third-order valence-corrected chi connectivity index (χ3v) is 2.77. The topological polar surface area (TPSA) is 53.4 Å². The molecule has 0 saturated heterocycles. The maximum Gasteiger partial charge on any atom is 0.323 e. The summed E-state index contributed by atoms with van der Waals surface area (Å²) >= 11 is 0. The number of nitrogens with zero attached hydrogens (tertiary/aromatic N) is 2. The minimum atomic E-state index is -0.835. The Morgan fingerprint density at radius 2 is 2.11 bits per heavy atom. The molecule has 0 aliphatic rings. The molecule has 0 radical (unpaired) electrons. The lowest BCUT2D eigenvalue weighted by Crippen LogP contribution is -2.31. The number of rotatable bonds is 5. The van der Waals surface area contributed by atoms with Gasteiger partial charge in [-0.2, -0.15) is 0 Å². The average Bonchev–Trinajstić information content (AvgIpc) is 2.37. The maximum absolute atomic E-state index is 10.9. The summed E-state index contributed by atoms with van der Waals surface area (Å²) < 4.78 is 0. The van der Waals surface area contributed by atoms with Crippen molar-refractivity contribution in [3.63, 3.8) is 0 Å². The van der Waals surface area contributed by atoms with Crippen molar-refractivity contribution in [1.82, 2.24) is 4.98 Å². The van der Waals surface area contributed by atoms with Gasteiger partial charge in [0, 0.05) is 18.1 Å². The number of anilines is 1. The zero-order valence-corrected chi connectivity index (χ0v) is 10.3. The number of benzene rings is 1. The van der Waals surface area contributed by atoms with E-state index in [1.165, 1.54) is 0 Å². The molecular weight excluding hydrogens is 228 g/mol. The van der Waals surface area contributed by atoms with Gasteiger partial charge in [-0.1, -0.05) is 31.2 Å². The van der Waals surface area contributed by atoms with Crippen LogP contribution in [0.3, 0.4) is 0 Å². The summed E-state index contributed by atoms with van der Waals surface area (Å²) in [6.45, 7) is 2.70. The summed E-state index contributed by atoms with van der Waals surface area (Å²) in [6.07, 6.45) is 2.61. The molecule has 2 rings (SSSR count). The minimum absolute atomic E-state index is 0.0190. The SMILES string of the molecule is CCCN(CC(=O)O)c1nccc2ccccc12. The fourth-order valence-electron chi connectivity index (χ4n) is 2.05. The second-order valence-corrected chi connectivity index (χ2v) is 4.17. The van der Waals surface area contributed by atoms with Gasteiger partial charge < -0.3 is 10.0 Å². The summed E-state index contributed by atoms with van der Waals surface area (Å²) in [5, 5.41) is 11.0. The number of fused-ring (bicyclic) bond motifs is 1. The second kappa shape index (κ2) is 5.49. The number of hydrogen-bond acceptors (Lipinski definition) is 3. The van der Waals surface area contributed by atoms with E-state index in [4.69, 9.17) is 5.11 Å². The Hall–Kier alpha value is -2.10. The molecule has 0 bridgehead atoms. The number of aliphatic carboxylic acids is 1. The molecule has 1 N–H and O–H groups in total. The van der Waals surface area contributed by atoms with Crippen LogP contribution in [0.15, 0.2) is 36.5 Å². The van der Waals surface area contributed by atoms with Crippen LogP contribution < -0.4 is 4.90 Å². The summed E-state index contributed by atoms with van der Waals surface area (Å²) in [7, 11) is 0. The van der Waals surface area contributed by atoms with E-state index in [0.29, 0.717) is 6.54 Å². The van der Waals surface area contributed by atoms with Crippen LogP contribution in [0.4, 0.5) is 5.82 Å². The Labute approximate surface area is 106 Å².